The van der Waals surface area contributed by atoms with Gasteiger partial charge in [0, 0.05) is 17.7 Å². The normalized spacial score (nSPS) is 17.4. The predicted molar refractivity (Wildman–Crippen MR) is 84.9 cm³/mol. The molecule has 1 radical (unpaired) electrons. The lowest BCUT2D eigenvalue weighted by molar-refractivity contribution is 0.0685. The first-order valence-corrected chi connectivity index (χ1v) is 7.93. The first-order chi connectivity index (χ1) is 9.29. The third-order valence-electron chi connectivity index (χ3n) is 3.81. The quantitative estimate of drug-likeness (QED) is 0.718. The lowest BCUT2D eigenvalue weighted by Crippen LogP contribution is -2.21. The first kappa shape index (κ1) is 14.8. The van der Waals surface area contributed by atoms with Crippen molar-refractivity contribution in [2.75, 3.05) is 13.2 Å². The second kappa shape index (κ2) is 7.86. The van der Waals surface area contributed by atoms with Gasteiger partial charge in [-0.05, 0) is 55.2 Å². The maximum absolute atomic E-state index is 5.44. The summed E-state index contributed by atoms with van der Waals surface area (Å²) in [5, 5.41) is 0. The van der Waals surface area contributed by atoms with Crippen molar-refractivity contribution >= 4 is 22.0 Å². The van der Waals surface area contributed by atoms with Gasteiger partial charge in [-0.15, -0.1) is 0 Å². The molecule has 1 saturated heterocycles. The van der Waals surface area contributed by atoms with Gasteiger partial charge in [0.25, 0.3) is 0 Å². The summed E-state index contributed by atoms with van der Waals surface area (Å²) >= 11 is 3.46. The molecule has 103 valence electrons. The van der Waals surface area contributed by atoms with Crippen LogP contribution in [0.1, 0.15) is 38.2 Å². The SMILES string of the molecule is CC[C](CC=Cc1ccc(Br)cc1)C1CCOCC1. The number of rotatable bonds is 5. The van der Waals surface area contributed by atoms with Gasteiger partial charge in [-0.2, -0.15) is 0 Å². The molecule has 2 heteroatoms. The van der Waals surface area contributed by atoms with Crippen LogP contribution in [-0.4, -0.2) is 13.2 Å². The smallest absolute Gasteiger partial charge is 0.0468 e. The van der Waals surface area contributed by atoms with E-state index in [1.807, 2.05) is 0 Å². The van der Waals surface area contributed by atoms with Gasteiger partial charge in [0.05, 0.1) is 0 Å². The van der Waals surface area contributed by atoms with Crippen molar-refractivity contribution in [3.05, 3.63) is 46.3 Å². The predicted octanol–water partition coefficient (Wildman–Crippen LogP) is 5.26. The summed E-state index contributed by atoms with van der Waals surface area (Å²) in [7, 11) is 0. The van der Waals surface area contributed by atoms with Gasteiger partial charge in [0.2, 0.25) is 0 Å². The van der Waals surface area contributed by atoms with Gasteiger partial charge in [0.15, 0.2) is 0 Å². The second-order valence-corrected chi connectivity index (χ2v) is 5.97. The molecule has 1 aromatic carbocycles. The van der Waals surface area contributed by atoms with Crippen molar-refractivity contribution < 1.29 is 4.74 Å². The summed E-state index contributed by atoms with van der Waals surface area (Å²) in [5.41, 5.74) is 1.27. The molecule has 1 aliphatic rings. The fourth-order valence-electron chi connectivity index (χ4n) is 2.63. The van der Waals surface area contributed by atoms with E-state index in [2.05, 4.69) is 59.3 Å². The molecule has 0 bridgehead atoms. The minimum absolute atomic E-state index is 0.772. The number of hydrogen-bond acceptors (Lipinski definition) is 1. The largest absolute Gasteiger partial charge is 0.381 e. The van der Waals surface area contributed by atoms with Gasteiger partial charge >= 0.3 is 0 Å². The van der Waals surface area contributed by atoms with Gasteiger partial charge in [-0.1, -0.05) is 47.1 Å². The van der Waals surface area contributed by atoms with E-state index in [0.29, 0.717) is 0 Å². The minimum Gasteiger partial charge on any atom is -0.381 e. The van der Waals surface area contributed by atoms with Crippen molar-refractivity contribution in [3.63, 3.8) is 0 Å². The molecule has 0 N–H and O–H groups in total. The average Bonchev–Trinajstić information content (AvgIpc) is 2.46. The van der Waals surface area contributed by atoms with Crippen LogP contribution < -0.4 is 0 Å². The molecule has 1 nitrogen and oxygen atoms in total. The van der Waals surface area contributed by atoms with E-state index in [4.69, 9.17) is 4.74 Å². The molecule has 0 amide bonds. The van der Waals surface area contributed by atoms with Crippen LogP contribution in [0.5, 0.6) is 0 Å². The van der Waals surface area contributed by atoms with E-state index >= 15 is 0 Å². The standard InChI is InChI=1S/C17H22BrO/c1-2-15(16-10-12-19-13-11-16)5-3-4-14-6-8-17(18)9-7-14/h3-4,6-9,16H,2,5,10-13H2,1H3. The maximum atomic E-state index is 5.44. The Labute approximate surface area is 125 Å². The van der Waals surface area contributed by atoms with Gasteiger partial charge < -0.3 is 4.74 Å². The Kier molecular flexibility index (Phi) is 6.12. The van der Waals surface area contributed by atoms with Crippen molar-refractivity contribution in [2.45, 2.75) is 32.6 Å². The van der Waals surface area contributed by atoms with Crippen molar-refractivity contribution in [1.82, 2.24) is 0 Å². The second-order valence-electron chi connectivity index (χ2n) is 5.06. The molecule has 1 heterocycles. The molecule has 0 spiro atoms. The summed E-state index contributed by atoms with van der Waals surface area (Å²) in [5.74, 6) is 2.45. The molecule has 0 atom stereocenters. The average molecular weight is 322 g/mol. The van der Waals surface area contributed by atoms with E-state index in [-0.39, 0.29) is 0 Å². The lowest BCUT2D eigenvalue weighted by Gasteiger charge is -2.28. The lowest BCUT2D eigenvalue weighted by atomic mass is 9.82. The molecule has 1 aliphatic heterocycles. The van der Waals surface area contributed by atoms with Gasteiger partial charge in [0.1, 0.15) is 0 Å². The van der Waals surface area contributed by atoms with Gasteiger partial charge in [-0.25, -0.2) is 0 Å². The Balaban J connectivity index is 1.86. The van der Waals surface area contributed by atoms with Crippen molar-refractivity contribution in [3.8, 4) is 0 Å². The fourth-order valence-corrected chi connectivity index (χ4v) is 2.89. The summed E-state index contributed by atoms with van der Waals surface area (Å²) in [6, 6.07) is 8.45. The highest BCUT2D eigenvalue weighted by Gasteiger charge is 2.21. The van der Waals surface area contributed by atoms with E-state index in [0.717, 1.165) is 30.0 Å². The van der Waals surface area contributed by atoms with Crippen LogP contribution in [0.2, 0.25) is 0 Å². The van der Waals surface area contributed by atoms with Crippen LogP contribution in [-0.2, 0) is 4.74 Å². The summed E-state index contributed by atoms with van der Waals surface area (Å²) in [6.45, 7) is 4.15. The van der Waals surface area contributed by atoms with Crippen LogP contribution in [0.25, 0.3) is 6.08 Å². The van der Waals surface area contributed by atoms with Crippen LogP contribution in [0.4, 0.5) is 0 Å². The molecule has 19 heavy (non-hydrogen) atoms. The highest BCUT2D eigenvalue weighted by Crippen LogP contribution is 2.31. The number of hydrogen-bond donors (Lipinski definition) is 0. The summed E-state index contributed by atoms with van der Waals surface area (Å²) in [6.07, 6.45) is 9.23. The molecule has 1 aromatic rings. The van der Waals surface area contributed by atoms with E-state index in [1.54, 1.807) is 5.92 Å². The maximum Gasteiger partial charge on any atom is 0.0468 e. The van der Waals surface area contributed by atoms with Gasteiger partial charge in [-0.3, -0.25) is 0 Å². The van der Waals surface area contributed by atoms with E-state index in [9.17, 15) is 0 Å². The zero-order valence-corrected chi connectivity index (χ0v) is 13.2. The number of benzene rings is 1. The monoisotopic (exact) mass is 321 g/mol. The van der Waals surface area contributed by atoms with E-state index in [1.165, 1.54) is 24.8 Å². The van der Waals surface area contributed by atoms with Crippen LogP contribution in [0, 0.1) is 11.8 Å². The summed E-state index contributed by atoms with van der Waals surface area (Å²) < 4.78 is 6.58. The Bertz CT molecular complexity index is 390. The Morgan fingerprint density at radius 1 is 1.26 bits per heavy atom. The first-order valence-electron chi connectivity index (χ1n) is 7.14. The van der Waals surface area contributed by atoms with Crippen LogP contribution >= 0.6 is 15.9 Å². The molecule has 2 rings (SSSR count). The molecular weight excluding hydrogens is 300 g/mol. The van der Waals surface area contributed by atoms with Crippen molar-refractivity contribution in [2.24, 2.45) is 5.92 Å². The molecule has 1 fully saturated rings. The van der Waals surface area contributed by atoms with E-state index < -0.39 is 0 Å². The fraction of sp³-hybridized carbons (Fsp3) is 0.471. The highest BCUT2D eigenvalue weighted by molar-refractivity contribution is 9.10. The Hall–Kier alpha value is -0.600. The van der Waals surface area contributed by atoms with Crippen LogP contribution in [0.3, 0.4) is 0 Å². The Morgan fingerprint density at radius 3 is 2.58 bits per heavy atom. The molecule has 0 aromatic heterocycles. The molecule has 0 unspecified atom stereocenters. The van der Waals surface area contributed by atoms with Crippen LogP contribution in [0.15, 0.2) is 34.8 Å². The third kappa shape index (κ3) is 4.77. The zero-order valence-electron chi connectivity index (χ0n) is 11.6. The third-order valence-corrected chi connectivity index (χ3v) is 4.34. The Morgan fingerprint density at radius 2 is 1.95 bits per heavy atom. The number of halogens is 1. The number of ether oxygens (including phenoxy) is 1. The summed E-state index contributed by atoms with van der Waals surface area (Å²) in [4.78, 5) is 0. The minimum atomic E-state index is 0.772. The molecular formula is C17H22BrO. The molecule has 0 saturated carbocycles. The zero-order chi connectivity index (χ0) is 13.5. The molecule has 0 aliphatic carbocycles. The highest BCUT2D eigenvalue weighted by atomic mass is 79.9. The van der Waals surface area contributed by atoms with Crippen molar-refractivity contribution in [1.29, 1.82) is 0 Å². The number of allylic oxidation sites excluding steroid dienone is 1. The topological polar surface area (TPSA) is 9.23 Å².